The predicted octanol–water partition coefficient (Wildman–Crippen LogP) is 3.12. The highest BCUT2D eigenvalue weighted by Gasteiger charge is 2.24. The standard InChI is InChI=1S/C20H30N2O4S/c1-15(20(23)21-16-7-3-2-4-8-16)26-18-11-13-19(14-12-18)27(24,25)22-17-9-5-6-10-17/h11-17,22H,2-10H2,1H3,(H,21,23)/t15-/m0/s1. The first-order valence-corrected chi connectivity index (χ1v) is 11.5. The van der Waals surface area contributed by atoms with E-state index in [1.165, 1.54) is 18.6 Å². The Morgan fingerprint density at radius 3 is 2.15 bits per heavy atom. The Kier molecular flexibility index (Phi) is 6.76. The van der Waals surface area contributed by atoms with Crippen LogP contribution in [0.2, 0.25) is 0 Å². The number of hydrogen-bond donors (Lipinski definition) is 2. The molecule has 2 aliphatic carbocycles. The molecule has 0 saturated heterocycles. The Bertz CT molecular complexity index is 721. The molecule has 2 N–H and O–H groups in total. The first kappa shape index (κ1) is 20.1. The van der Waals surface area contributed by atoms with Crippen molar-refractivity contribution in [2.45, 2.75) is 87.8 Å². The Balaban J connectivity index is 1.53. The van der Waals surface area contributed by atoms with Crippen molar-refractivity contribution in [3.63, 3.8) is 0 Å². The van der Waals surface area contributed by atoms with E-state index >= 15 is 0 Å². The van der Waals surface area contributed by atoms with E-state index < -0.39 is 16.1 Å². The summed E-state index contributed by atoms with van der Waals surface area (Å²) in [7, 11) is -3.51. The maximum Gasteiger partial charge on any atom is 0.260 e. The van der Waals surface area contributed by atoms with Gasteiger partial charge in [0.25, 0.3) is 5.91 Å². The largest absolute Gasteiger partial charge is 0.481 e. The van der Waals surface area contributed by atoms with Crippen molar-refractivity contribution in [1.29, 1.82) is 0 Å². The lowest BCUT2D eigenvalue weighted by Gasteiger charge is -2.24. The molecule has 6 nitrogen and oxygen atoms in total. The van der Waals surface area contributed by atoms with E-state index in [1.807, 2.05) is 0 Å². The van der Waals surface area contributed by atoms with Crippen LogP contribution in [-0.2, 0) is 14.8 Å². The Morgan fingerprint density at radius 2 is 1.52 bits per heavy atom. The van der Waals surface area contributed by atoms with Crippen molar-refractivity contribution in [1.82, 2.24) is 10.0 Å². The summed E-state index contributed by atoms with van der Waals surface area (Å²) in [6, 6.07) is 6.54. The van der Waals surface area contributed by atoms with E-state index in [-0.39, 0.29) is 22.9 Å². The number of amides is 1. The summed E-state index contributed by atoms with van der Waals surface area (Å²) < 4.78 is 33.3. The second kappa shape index (κ2) is 9.06. The highest BCUT2D eigenvalue weighted by Crippen LogP contribution is 2.22. The molecule has 2 fully saturated rings. The molecule has 0 radical (unpaired) electrons. The van der Waals surface area contributed by atoms with Crippen molar-refractivity contribution in [3.8, 4) is 5.75 Å². The SMILES string of the molecule is C[C@H](Oc1ccc(S(=O)(=O)NC2CCCC2)cc1)C(=O)NC1CCCCC1. The molecule has 0 unspecified atom stereocenters. The second-order valence-corrected chi connectivity index (χ2v) is 9.39. The van der Waals surface area contributed by atoms with E-state index in [1.54, 1.807) is 19.1 Å². The van der Waals surface area contributed by atoms with Crippen molar-refractivity contribution in [2.75, 3.05) is 0 Å². The number of carbonyl (C=O) groups is 1. The van der Waals surface area contributed by atoms with Gasteiger partial charge in [0.2, 0.25) is 10.0 Å². The second-order valence-electron chi connectivity index (χ2n) is 7.68. The predicted molar refractivity (Wildman–Crippen MR) is 104 cm³/mol. The van der Waals surface area contributed by atoms with Crippen LogP contribution in [0.25, 0.3) is 0 Å². The molecule has 0 bridgehead atoms. The third-order valence-corrected chi connectivity index (χ3v) is 6.98. The van der Waals surface area contributed by atoms with Gasteiger partial charge in [0.1, 0.15) is 5.75 Å². The summed E-state index contributed by atoms with van der Waals surface area (Å²) in [5, 5.41) is 3.05. The topological polar surface area (TPSA) is 84.5 Å². The molecule has 1 atom stereocenters. The minimum Gasteiger partial charge on any atom is -0.481 e. The highest BCUT2D eigenvalue weighted by molar-refractivity contribution is 7.89. The van der Waals surface area contributed by atoms with Crippen molar-refractivity contribution in [2.24, 2.45) is 0 Å². The van der Waals surface area contributed by atoms with Gasteiger partial charge in [-0.3, -0.25) is 4.79 Å². The number of rotatable bonds is 7. The Hall–Kier alpha value is -1.60. The number of nitrogens with one attached hydrogen (secondary N) is 2. The van der Waals surface area contributed by atoms with Gasteiger partial charge in [-0.2, -0.15) is 0 Å². The van der Waals surface area contributed by atoms with Crippen LogP contribution in [0.4, 0.5) is 0 Å². The molecule has 27 heavy (non-hydrogen) atoms. The van der Waals surface area contributed by atoms with Gasteiger partial charge < -0.3 is 10.1 Å². The minimum atomic E-state index is -3.51. The number of ether oxygens (including phenoxy) is 1. The summed E-state index contributed by atoms with van der Waals surface area (Å²) in [5.41, 5.74) is 0. The summed E-state index contributed by atoms with van der Waals surface area (Å²) in [4.78, 5) is 12.5. The number of benzene rings is 1. The van der Waals surface area contributed by atoms with Gasteiger partial charge in [0.15, 0.2) is 6.10 Å². The van der Waals surface area contributed by atoms with Gasteiger partial charge >= 0.3 is 0 Å². The van der Waals surface area contributed by atoms with E-state index in [0.29, 0.717) is 5.75 Å². The molecule has 1 aromatic rings. The summed E-state index contributed by atoms with van der Waals surface area (Å²) in [6.45, 7) is 1.71. The summed E-state index contributed by atoms with van der Waals surface area (Å²) >= 11 is 0. The third-order valence-electron chi connectivity index (χ3n) is 5.44. The average molecular weight is 395 g/mol. The van der Waals surface area contributed by atoms with E-state index in [0.717, 1.165) is 51.4 Å². The van der Waals surface area contributed by atoms with Gasteiger partial charge in [0.05, 0.1) is 4.90 Å². The number of carbonyl (C=O) groups excluding carboxylic acids is 1. The van der Waals surface area contributed by atoms with Gasteiger partial charge in [0, 0.05) is 12.1 Å². The number of sulfonamides is 1. The van der Waals surface area contributed by atoms with Crippen LogP contribution in [0.3, 0.4) is 0 Å². The molecule has 2 saturated carbocycles. The van der Waals surface area contributed by atoms with Crippen LogP contribution in [0.1, 0.15) is 64.7 Å². The van der Waals surface area contributed by atoms with Crippen molar-refractivity contribution < 1.29 is 17.9 Å². The van der Waals surface area contributed by atoms with E-state index in [4.69, 9.17) is 4.74 Å². The Labute approximate surface area is 162 Å². The molecule has 0 heterocycles. The summed E-state index contributed by atoms with van der Waals surface area (Å²) in [5.74, 6) is 0.364. The van der Waals surface area contributed by atoms with Crippen molar-refractivity contribution in [3.05, 3.63) is 24.3 Å². The quantitative estimate of drug-likeness (QED) is 0.744. The summed E-state index contributed by atoms with van der Waals surface area (Å²) in [6.07, 6.45) is 8.92. The van der Waals surface area contributed by atoms with Gasteiger partial charge in [-0.15, -0.1) is 0 Å². The van der Waals surface area contributed by atoms with E-state index in [9.17, 15) is 13.2 Å². The molecule has 7 heteroatoms. The molecular weight excluding hydrogens is 364 g/mol. The first-order valence-electron chi connectivity index (χ1n) is 10.0. The van der Waals surface area contributed by atoms with Gasteiger partial charge in [-0.1, -0.05) is 32.1 Å². The molecule has 2 aliphatic rings. The molecule has 150 valence electrons. The zero-order chi connectivity index (χ0) is 19.3. The molecule has 0 aromatic heterocycles. The molecule has 0 aliphatic heterocycles. The van der Waals surface area contributed by atoms with Crippen LogP contribution >= 0.6 is 0 Å². The molecule has 0 spiro atoms. The maximum atomic E-state index is 12.4. The van der Waals surface area contributed by atoms with Crippen molar-refractivity contribution >= 4 is 15.9 Å². The lowest BCUT2D eigenvalue weighted by molar-refractivity contribution is -0.128. The van der Waals surface area contributed by atoms with Crippen LogP contribution in [0, 0.1) is 0 Å². The fourth-order valence-corrected chi connectivity index (χ4v) is 5.16. The van der Waals surface area contributed by atoms with Crippen LogP contribution in [0.15, 0.2) is 29.2 Å². The third kappa shape index (κ3) is 5.69. The highest BCUT2D eigenvalue weighted by atomic mass is 32.2. The maximum absolute atomic E-state index is 12.4. The lowest BCUT2D eigenvalue weighted by Crippen LogP contribution is -2.43. The molecule has 3 rings (SSSR count). The van der Waals surface area contributed by atoms with Gasteiger partial charge in [-0.25, -0.2) is 13.1 Å². The monoisotopic (exact) mass is 394 g/mol. The van der Waals surface area contributed by atoms with Gasteiger partial charge in [-0.05, 0) is 56.9 Å². The number of hydrogen-bond acceptors (Lipinski definition) is 4. The molecule has 1 aromatic carbocycles. The minimum absolute atomic E-state index is 0.0365. The van der Waals surface area contributed by atoms with Crippen LogP contribution in [0.5, 0.6) is 5.75 Å². The lowest BCUT2D eigenvalue weighted by atomic mass is 9.95. The fourth-order valence-electron chi connectivity index (χ4n) is 3.85. The smallest absolute Gasteiger partial charge is 0.260 e. The fraction of sp³-hybridized carbons (Fsp3) is 0.650. The average Bonchev–Trinajstić information content (AvgIpc) is 3.15. The van der Waals surface area contributed by atoms with E-state index in [2.05, 4.69) is 10.0 Å². The van der Waals surface area contributed by atoms with Crippen LogP contribution < -0.4 is 14.8 Å². The van der Waals surface area contributed by atoms with Crippen LogP contribution in [-0.4, -0.2) is 32.5 Å². The Morgan fingerprint density at radius 1 is 0.963 bits per heavy atom. The molecule has 1 amide bonds. The zero-order valence-corrected chi connectivity index (χ0v) is 16.8. The zero-order valence-electron chi connectivity index (χ0n) is 15.9. The first-order chi connectivity index (χ1) is 12.9. The normalized spacial score (nSPS) is 20.3. The molecular formula is C20H30N2O4S.